The van der Waals surface area contributed by atoms with Gasteiger partial charge in [-0.05, 0) is 91.7 Å². The zero-order valence-electron chi connectivity index (χ0n) is 32.3. The summed E-state index contributed by atoms with van der Waals surface area (Å²) in [5.74, 6) is 0.844. The average Bonchev–Trinajstić information content (AvgIpc) is 3.66. The summed E-state index contributed by atoms with van der Waals surface area (Å²) in [5, 5.41) is 12.7. The highest BCUT2D eigenvalue weighted by Gasteiger charge is 2.26. The van der Waals surface area contributed by atoms with E-state index in [9.17, 15) is 0 Å². The summed E-state index contributed by atoms with van der Waals surface area (Å²) in [6.07, 6.45) is -0.499. The van der Waals surface area contributed by atoms with Crippen LogP contribution in [0.5, 0.6) is 0 Å². The molecule has 10 aromatic rings. The van der Waals surface area contributed by atoms with Crippen LogP contribution in [0.1, 0.15) is 29.0 Å². The molecule has 11 rings (SSSR count). The van der Waals surface area contributed by atoms with Crippen LogP contribution in [0.25, 0.3) is 71.6 Å². The molecule has 0 radical (unpaired) electrons. The average molecular weight is 757 g/mol. The molecule has 1 aliphatic heterocycles. The van der Waals surface area contributed by atoms with Gasteiger partial charge in [-0.25, -0.2) is 4.99 Å². The molecule has 0 spiro atoms. The van der Waals surface area contributed by atoms with Gasteiger partial charge in [0.15, 0.2) is 0 Å². The van der Waals surface area contributed by atoms with Gasteiger partial charge < -0.3 is 9.88 Å². The van der Waals surface area contributed by atoms with E-state index in [2.05, 4.69) is 234 Å². The molecule has 280 valence electrons. The molecule has 9 aromatic carbocycles. The third-order valence-electron chi connectivity index (χ3n) is 11.7. The van der Waals surface area contributed by atoms with Gasteiger partial charge in [0.05, 0.1) is 11.0 Å². The smallest absolute Gasteiger partial charge is 0.131 e. The maximum absolute atomic E-state index is 5.43. The summed E-state index contributed by atoms with van der Waals surface area (Å²) in [6, 6.07) is 78.3. The van der Waals surface area contributed by atoms with Crippen LogP contribution in [0.4, 0.5) is 0 Å². The molecule has 0 bridgehead atoms. The number of hydrogen-bond donors (Lipinski definition) is 2. The number of fused-ring (bicyclic) bond motifs is 4. The molecule has 4 nitrogen and oxygen atoms in total. The second-order valence-electron chi connectivity index (χ2n) is 15.3. The highest BCUT2D eigenvalue weighted by atomic mass is 15.3. The van der Waals surface area contributed by atoms with Crippen molar-refractivity contribution >= 4 is 38.4 Å². The predicted molar refractivity (Wildman–Crippen MR) is 246 cm³/mol. The van der Waals surface area contributed by atoms with Crippen molar-refractivity contribution in [3.05, 3.63) is 235 Å². The van der Waals surface area contributed by atoms with Crippen molar-refractivity contribution in [3.63, 3.8) is 0 Å². The van der Waals surface area contributed by atoms with Gasteiger partial charge in [-0.3, -0.25) is 5.32 Å². The highest BCUT2D eigenvalue weighted by molar-refractivity contribution is 6.09. The zero-order chi connectivity index (χ0) is 39.1. The van der Waals surface area contributed by atoms with E-state index in [4.69, 9.17) is 4.99 Å². The molecule has 1 aliphatic rings. The van der Waals surface area contributed by atoms with Crippen molar-refractivity contribution < 1.29 is 0 Å². The number of benzene rings is 9. The largest absolute Gasteiger partial charge is 0.350 e. The topological polar surface area (TPSA) is 41.4 Å². The Morgan fingerprint density at radius 3 is 1.75 bits per heavy atom. The van der Waals surface area contributed by atoms with Crippen LogP contribution in [0.2, 0.25) is 0 Å². The lowest BCUT2D eigenvalue weighted by Gasteiger charge is -2.32. The Morgan fingerprint density at radius 2 is 0.966 bits per heavy atom. The molecule has 59 heavy (non-hydrogen) atoms. The minimum absolute atomic E-state index is 0.199. The quantitative estimate of drug-likeness (QED) is 0.170. The molecule has 2 atom stereocenters. The molecule has 2 N–H and O–H groups in total. The van der Waals surface area contributed by atoms with Crippen LogP contribution >= 0.6 is 0 Å². The van der Waals surface area contributed by atoms with Crippen molar-refractivity contribution in [1.29, 1.82) is 0 Å². The third kappa shape index (κ3) is 6.46. The molecule has 0 aliphatic carbocycles. The normalized spacial score (nSPS) is 15.3. The summed E-state index contributed by atoms with van der Waals surface area (Å²) in [5.41, 5.74) is 13.9. The maximum Gasteiger partial charge on any atom is 0.131 e. The van der Waals surface area contributed by atoms with E-state index in [1.807, 2.05) is 0 Å². The molecule has 2 unspecified atom stereocenters. The molecule has 4 heteroatoms. The summed E-state index contributed by atoms with van der Waals surface area (Å²) < 4.78 is 2.37. The van der Waals surface area contributed by atoms with Crippen LogP contribution in [0, 0.1) is 0 Å². The fraction of sp³-hybridized carbons (Fsp3) is 0.0364. The number of aliphatic imine (C=N–C) groups is 1. The Labute approximate surface area is 343 Å². The van der Waals surface area contributed by atoms with E-state index in [-0.39, 0.29) is 12.3 Å². The SMILES string of the molecule is c1ccc(-c2cccc(-c3ccc(C4NC(c5cccc(-n6c7ccccc7c7ccccc76)c5)=NC(c5cccc(-c6cccc7ccccc67)c5)N4)cc3)c2)cc1. The fourth-order valence-electron chi connectivity index (χ4n) is 8.77. The fourth-order valence-corrected chi connectivity index (χ4v) is 8.77. The van der Waals surface area contributed by atoms with Gasteiger partial charge in [0.1, 0.15) is 18.2 Å². The van der Waals surface area contributed by atoms with Crippen LogP contribution < -0.4 is 10.6 Å². The van der Waals surface area contributed by atoms with E-state index in [1.54, 1.807) is 0 Å². The number of aromatic nitrogens is 1. The molecule has 0 saturated heterocycles. The number of nitrogens with zero attached hydrogens (tertiary/aromatic N) is 2. The summed E-state index contributed by atoms with van der Waals surface area (Å²) in [7, 11) is 0. The van der Waals surface area contributed by atoms with Crippen LogP contribution in [-0.2, 0) is 0 Å². The van der Waals surface area contributed by atoms with E-state index in [1.165, 1.54) is 66.0 Å². The van der Waals surface area contributed by atoms with Crippen molar-refractivity contribution in [1.82, 2.24) is 15.2 Å². The Balaban J connectivity index is 0.989. The Morgan fingerprint density at radius 1 is 0.390 bits per heavy atom. The first-order valence-corrected chi connectivity index (χ1v) is 20.3. The first-order valence-electron chi connectivity index (χ1n) is 20.3. The van der Waals surface area contributed by atoms with Gasteiger partial charge in [-0.1, -0.05) is 182 Å². The van der Waals surface area contributed by atoms with Crippen molar-refractivity contribution in [2.75, 3.05) is 0 Å². The van der Waals surface area contributed by atoms with E-state index in [0.29, 0.717) is 0 Å². The number of rotatable bonds is 7. The second kappa shape index (κ2) is 14.8. The summed E-state index contributed by atoms with van der Waals surface area (Å²) in [4.78, 5) is 5.43. The highest BCUT2D eigenvalue weighted by Crippen LogP contribution is 2.35. The zero-order valence-corrected chi connectivity index (χ0v) is 32.3. The van der Waals surface area contributed by atoms with Crippen molar-refractivity contribution in [2.24, 2.45) is 4.99 Å². The van der Waals surface area contributed by atoms with Crippen LogP contribution in [-0.4, -0.2) is 10.4 Å². The molecule has 1 aromatic heterocycles. The Hall–Kier alpha value is -7.53. The summed E-state index contributed by atoms with van der Waals surface area (Å²) >= 11 is 0. The van der Waals surface area contributed by atoms with Crippen molar-refractivity contribution in [3.8, 4) is 39.1 Å². The number of nitrogens with one attached hydrogen (secondary N) is 2. The van der Waals surface area contributed by atoms with Gasteiger partial charge in [-0.15, -0.1) is 0 Å². The minimum Gasteiger partial charge on any atom is -0.350 e. The van der Waals surface area contributed by atoms with E-state index in [0.717, 1.165) is 28.2 Å². The molecular weight excluding hydrogens is 717 g/mol. The van der Waals surface area contributed by atoms with E-state index >= 15 is 0 Å². The Kier molecular flexibility index (Phi) is 8.68. The monoisotopic (exact) mass is 756 g/mol. The van der Waals surface area contributed by atoms with Crippen molar-refractivity contribution in [2.45, 2.75) is 12.3 Å². The maximum atomic E-state index is 5.43. The standard InChI is InChI=1S/C55H40N4/c1-2-14-37(15-3-1)41-18-10-19-42(34-41)38-30-32-40(33-31-38)53-56-54(44-21-11-20-43(35-44)48-27-13-17-39-16-4-5-24-47(39)48)58-55(57-53)45-22-12-23-46(36-45)59-51-28-8-6-25-49(51)50-26-7-9-29-52(50)59/h1-36,53-54,56H,(H,57,58). The molecular formula is C55H40N4. The van der Waals surface area contributed by atoms with Gasteiger partial charge >= 0.3 is 0 Å². The second-order valence-corrected chi connectivity index (χ2v) is 15.3. The Bertz CT molecular complexity index is 3120. The van der Waals surface area contributed by atoms with Crippen LogP contribution in [0.15, 0.2) is 223 Å². The third-order valence-corrected chi connectivity index (χ3v) is 11.7. The first-order chi connectivity index (χ1) is 29.2. The number of amidine groups is 1. The number of para-hydroxylation sites is 2. The lowest BCUT2D eigenvalue weighted by Crippen LogP contribution is -2.45. The molecule has 0 saturated carbocycles. The minimum atomic E-state index is -0.301. The lowest BCUT2D eigenvalue weighted by molar-refractivity contribution is 0.409. The molecule has 0 amide bonds. The number of hydrogen-bond acceptors (Lipinski definition) is 3. The van der Waals surface area contributed by atoms with Gasteiger partial charge in [0, 0.05) is 22.0 Å². The van der Waals surface area contributed by atoms with Gasteiger partial charge in [0.25, 0.3) is 0 Å². The molecule has 0 fully saturated rings. The predicted octanol–water partition coefficient (Wildman–Crippen LogP) is 13.3. The first kappa shape index (κ1) is 34.7. The summed E-state index contributed by atoms with van der Waals surface area (Å²) in [6.45, 7) is 0. The van der Waals surface area contributed by atoms with Gasteiger partial charge in [-0.2, -0.15) is 0 Å². The van der Waals surface area contributed by atoms with Crippen LogP contribution in [0.3, 0.4) is 0 Å². The van der Waals surface area contributed by atoms with Gasteiger partial charge in [0.2, 0.25) is 0 Å². The lowest BCUT2D eigenvalue weighted by atomic mass is 9.96. The van der Waals surface area contributed by atoms with E-state index < -0.39 is 0 Å². The molecule has 2 heterocycles.